The molecule has 1 unspecified atom stereocenters. The van der Waals surface area contributed by atoms with Gasteiger partial charge in [0, 0.05) is 12.6 Å². The molecule has 0 aromatic heterocycles. The molecule has 2 rings (SSSR count). The van der Waals surface area contributed by atoms with E-state index in [2.05, 4.69) is 6.92 Å². The molecule has 2 saturated heterocycles. The van der Waals surface area contributed by atoms with Gasteiger partial charge < -0.3 is 13.9 Å². The number of fused-ring (bicyclic) bond motifs is 1. The maximum absolute atomic E-state index is 12.3. The molecular weight excluding hydrogens is 285 g/mol. The van der Waals surface area contributed by atoms with E-state index in [1.807, 2.05) is 0 Å². The SMILES string of the molecule is CCCCCO[P@@](C)(=O)OC[C@H]1CCC[NH+]2CCCC[C@H]12. The third-order valence-electron chi connectivity index (χ3n) is 5.03. The van der Waals surface area contributed by atoms with Crippen molar-refractivity contribution in [1.29, 1.82) is 0 Å². The molecule has 5 heteroatoms. The molecule has 124 valence electrons. The highest BCUT2D eigenvalue weighted by Gasteiger charge is 2.37. The fourth-order valence-electron chi connectivity index (χ4n) is 3.83. The predicted molar refractivity (Wildman–Crippen MR) is 86.0 cm³/mol. The van der Waals surface area contributed by atoms with Gasteiger partial charge in [-0.15, -0.1) is 0 Å². The molecular formula is C16H33NO3P+. The molecule has 0 aliphatic carbocycles. The first-order valence-electron chi connectivity index (χ1n) is 8.83. The monoisotopic (exact) mass is 318 g/mol. The van der Waals surface area contributed by atoms with Crippen molar-refractivity contribution in [2.45, 2.75) is 64.3 Å². The lowest BCUT2D eigenvalue weighted by atomic mass is 9.84. The van der Waals surface area contributed by atoms with Crippen LogP contribution in [0.4, 0.5) is 0 Å². The van der Waals surface area contributed by atoms with Gasteiger partial charge >= 0.3 is 7.60 Å². The standard InChI is InChI=1S/C16H32NO3P/c1-3-4-7-13-19-21(2,18)20-14-15-9-8-12-17-11-6-5-10-16(15)17/h15-16H,3-14H2,1-2H3/p+1/t15-,16-,21-/m1/s1. The van der Waals surface area contributed by atoms with Crippen LogP contribution in [0.5, 0.6) is 0 Å². The maximum atomic E-state index is 12.3. The molecule has 0 aromatic carbocycles. The Labute approximate surface area is 130 Å². The van der Waals surface area contributed by atoms with Crippen LogP contribution in [0.1, 0.15) is 58.3 Å². The number of unbranched alkanes of at least 4 members (excludes halogenated alkanes) is 2. The fraction of sp³-hybridized carbons (Fsp3) is 1.00. The minimum atomic E-state index is -2.86. The molecule has 21 heavy (non-hydrogen) atoms. The van der Waals surface area contributed by atoms with Crippen LogP contribution < -0.4 is 4.90 Å². The molecule has 0 radical (unpaired) electrons. The summed E-state index contributed by atoms with van der Waals surface area (Å²) in [4.78, 5) is 1.76. The Hall–Kier alpha value is 0.110. The van der Waals surface area contributed by atoms with Gasteiger partial charge in [0.15, 0.2) is 0 Å². The van der Waals surface area contributed by atoms with Crippen molar-refractivity contribution in [2.75, 3.05) is 33.0 Å². The van der Waals surface area contributed by atoms with Crippen molar-refractivity contribution in [3.63, 3.8) is 0 Å². The Morgan fingerprint density at radius 1 is 1.10 bits per heavy atom. The van der Waals surface area contributed by atoms with Crippen LogP contribution in [0.3, 0.4) is 0 Å². The molecule has 4 atom stereocenters. The minimum Gasteiger partial charge on any atom is -0.332 e. The molecule has 2 fully saturated rings. The highest BCUT2D eigenvalue weighted by Crippen LogP contribution is 2.45. The van der Waals surface area contributed by atoms with Crippen LogP contribution >= 0.6 is 7.60 Å². The largest absolute Gasteiger partial charge is 0.332 e. The van der Waals surface area contributed by atoms with E-state index in [9.17, 15) is 4.57 Å². The molecule has 2 aliphatic rings. The first kappa shape index (κ1) is 17.5. The number of hydrogen-bond donors (Lipinski definition) is 1. The van der Waals surface area contributed by atoms with E-state index >= 15 is 0 Å². The summed E-state index contributed by atoms with van der Waals surface area (Å²) >= 11 is 0. The number of quaternary nitrogens is 1. The Kier molecular flexibility index (Phi) is 7.21. The number of piperidine rings is 2. The summed E-state index contributed by atoms with van der Waals surface area (Å²) in [5.74, 6) is 0.571. The van der Waals surface area contributed by atoms with E-state index < -0.39 is 7.60 Å². The third-order valence-corrected chi connectivity index (χ3v) is 6.30. The Morgan fingerprint density at radius 2 is 1.90 bits per heavy atom. The van der Waals surface area contributed by atoms with Crippen LogP contribution in [-0.4, -0.2) is 39.0 Å². The van der Waals surface area contributed by atoms with Crippen LogP contribution in [0, 0.1) is 5.92 Å². The zero-order valence-corrected chi connectivity index (χ0v) is 14.7. The van der Waals surface area contributed by atoms with Crippen LogP contribution in [0.15, 0.2) is 0 Å². The van der Waals surface area contributed by atoms with E-state index in [0.29, 0.717) is 19.1 Å². The summed E-state index contributed by atoms with van der Waals surface area (Å²) in [6.45, 7) is 7.61. The number of rotatable bonds is 8. The summed E-state index contributed by atoms with van der Waals surface area (Å²) in [6.07, 6.45) is 9.80. The van der Waals surface area contributed by atoms with Gasteiger partial charge in [0.05, 0.1) is 32.3 Å². The second kappa shape index (κ2) is 8.67. The quantitative estimate of drug-likeness (QED) is 0.552. The average molecular weight is 318 g/mol. The highest BCUT2D eigenvalue weighted by molar-refractivity contribution is 7.52. The van der Waals surface area contributed by atoms with Crippen molar-refractivity contribution in [2.24, 2.45) is 5.92 Å². The normalized spacial score (nSPS) is 32.4. The molecule has 0 amide bonds. The van der Waals surface area contributed by atoms with Crippen molar-refractivity contribution in [1.82, 2.24) is 0 Å². The van der Waals surface area contributed by atoms with Gasteiger partial charge in [0.2, 0.25) is 0 Å². The first-order valence-corrected chi connectivity index (χ1v) is 10.8. The topological polar surface area (TPSA) is 40.0 Å². The molecule has 0 saturated carbocycles. The van der Waals surface area contributed by atoms with E-state index in [1.165, 1.54) is 45.2 Å². The molecule has 2 heterocycles. The van der Waals surface area contributed by atoms with Crippen molar-refractivity contribution in [3.8, 4) is 0 Å². The Morgan fingerprint density at radius 3 is 2.71 bits per heavy atom. The summed E-state index contributed by atoms with van der Waals surface area (Å²) in [7, 11) is -2.86. The van der Waals surface area contributed by atoms with E-state index in [-0.39, 0.29) is 0 Å². The summed E-state index contributed by atoms with van der Waals surface area (Å²) in [5, 5.41) is 0. The zero-order valence-electron chi connectivity index (χ0n) is 13.8. The lowest BCUT2D eigenvalue weighted by Crippen LogP contribution is -3.18. The molecule has 4 nitrogen and oxygen atoms in total. The summed E-state index contributed by atoms with van der Waals surface area (Å²) < 4.78 is 23.5. The van der Waals surface area contributed by atoms with Gasteiger partial charge in [0.1, 0.15) is 0 Å². The second-order valence-corrected chi connectivity index (χ2v) is 8.83. The number of nitrogens with one attached hydrogen (secondary N) is 1. The lowest BCUT2D eigenvalue weighted by molar-refractivity contribution is -0.940. The second-order valence-electron chi connectivity index (χ2n) is 6.77. The molecule has 0 aromatic rings. The first-order chi connectivity index (χ1) is 10.1. The van der Waals surface area contributed by atoms with Crippen molar-refractivity contribution in [3.05, 3.63) is 0 Å². The summed E-state index contributed by atoms with van der Waals surface area (Å²) in [6, 6.07) is 0.729. The van der Waals surface area contributed by atoms with Gasteiger partial charge in [-0.25, -0.2) is 0 Å². The molecule has 0 bridgehead atoms. The van der Waals surface area contributed by atoms with Crippen molar-refractivity contribution >= 4 is 7.60 Å². The highest BCUT2D eigenvalue weighted by atomic mass is 31.2. The van der Waals surface area contributed by atoms with Crippen LogP contribution in [0.25, 0.3) is 0 Å². The van der Waals surface area contributed by atoms with Crippen LogP contribution in [-0.2, 0) is 13.6 Å². The van der Waals surface area contributed by atoms with E-state index in [1.54, 1.807) is 11.6 Å². The fourth-order valence-corrected chi connectivity index (χ4v) is 4.83. The van der Waals surface area contributed by atoms with Gasteiger partial charge in [-0.2, -0.15) is 0 Å². The molecule has 2 aliphatic heterocycles. The van der Waals surface area contributed by atoms with Crippen molar-refractivity contribution < 1.29 is 18.5 Å². The van der Waals surface area contributed by atoms with Gasteiger partial charge in [0.25, 0.3) is 0 Å². The predicted octanol–water partition coefficient (Wildman–Crippen LogP) is 2.88. The maximum Gasteiger partial charge on any atom is 0.327 e. The lowest BCUT2D eigenvalue weighted by Gasteiger charge is -2.41. The van der Waals surface area contributed by atoms with E-state index in [4.69, 9.17) is 9.05 Å². The Balaban J connectivity index is 1.74. The number of hydrogen-bond acceptors (Lipinski definition) is 3. The van der Waals surface area contributed by atoms with Gasteiger partial charge in [-0.1, -0.05) is 19.8 Å². The average Bonchev–Trinajstić information content (AvgIpc) is 2.50. The molecule has 0 spiro atoms. The van der Waals surface area contributed by atoms with E-state index in [0.717, 1.165) is 25.3 Å². The van der Waals surface area contributed by atoms with Crippen LogP contribution in [0.2, 0.25) is 0 Å². The minimum absolute atomic E-state index is 0.563. The van der Waals surface area contributed by atoms with Gasteiger partial charge in [-0.05, 0) is 38.5 Å². The Bertz CT molecular complexity index is 348. The van der Waals surface area contributed by atoms with Gasteiger partial charge in [-0.3, -0.25) is 4.57 Å². The summed E-state index contributed by atoms with van der Waals surface area (Å²) in [5.41, 5.74) is 0. The zero-order chi connectivity index (χ0) is 15.1. The smallest absolute Gasteiger partial charge is 0.327 e. The molecule has 1 N–H and O–H groups in total. The third kappa shape index (κ3) is 5.67.